The van der Waals surface area contributed by atoms with Crippen LogP contribution in [0.3, 0.4) is 0 Å². The monoisotopic (exact) mass is 234 g/mol. The molecule has 2 rings (SSSR count). The summed E-state index contributed by atoms with van der Waals surface area (Å²) in [5.41, 5.74) is 1.83. The van der Waals surface area contributed by atoms with Crippen molar-refractivity contribution in [3.63, 3.8) is 0 Å². The molecule has 1 aliphatic rings. The number of benzene rings is 1. The van der Waals surface area contributed by atoms with Gasteiger partial charge in [-0.2, -0.15) is 0 Å². The van der Waals surface area contributed by atoms with E-state index in [4.69, 9.17) is 0 Å². The normalized spacial score (nSPS) is 18.5. The van der Waals surface area contributed by atoms with E-state index in [1.54, 1.807) is 6.92 Å². The van der Waals surface area contributed by atoms with Crippen molar-refractivity contribution in [2.24, 2.45) is 0 Å². The number of aliphatic hydroxyl groups is 1. The number of para-hydroxylation sites is 1. The van der Waals surface area contributed by atoms with Crippen molar-refractivity contribution < 1.29 is 9.90 Å². The Labute approximate surface area is 101 Å². The van der Waals surface area contributed by atoms with Crippen LogP contribution in [0.4, 0.5) is 5.69 Å². The molecule has 2 N–H and O–H groups in total. The average Bonchev–Trinajstić information content (AvgIpc) is 2.54. The Bertz CT molecular complexity index is 404. The van der Waals surface area contributed by atoms with Crippen LogP contribution >= 0.6 is 0 Å². The summed E-state index contributed by atoms with van der Waals surface area (Å²) in [6, 6.07) is 7.71. The van der Waals surface area contributed by atoms with Gasteiger partial charge in [-0.3, -0.25) is 4.79 Å². The number of nitrogens with one attached hydrogen (secondary N) is 1. The van der Waals surface area contributed by atoms with E-state index in [2.05, 4.69) is 5.32 Å². The molecule has 0 aromatic heterocycles. The molecule has 1 aliphatic heterocycles. The minimum Gasteiger partial charge on any atom is -0.389 e. The second-order valence-corrected chi connectivity index (χ2v) is 4.36. The third-order valence-electron chi connectivity index (χ3n) is 2.99. The Morgan fingerprint density at radius 2 is 2.18 bits per heavy atom. The number of aliphatic hydroxyl groups excluding tert-OH is 1. The lowest BCUT2D eigenvalue weighted by Crippen LogP contribution is -2.33. The Morgan fingerprint density at radius 3 is 2.94 bits per heavy atom. The first-order valence-corrected chi connectivity index (χ1v) is 5.97. The highest BCUT2D eigenvalue weighted by Gasteiger charge is 2.18. The van der Waals surface area contributed by atoms with Crippen LogP contribution in [0.1, 0.15) is 25.0 Å². The molecule has 1 amide bonds. The number of carbonyl (C=O) groups excluding carboxylic acids is 1. The second-order valence-electron chi connectivity index (χ2n) is 4.36. The summed E-state index contributed by atoms with van der Waals surface area (Å²) < 4.78 is 0. The fourth-order valence-electron chi connectivity index (χ4n) is 2.14. The molecule has 1 saturated heterocycles. The first kappa shape index (κ1) is 11.9. The summed E-state index contributed by atoms with van der Waals surface area (Å²) >= 11 is 0. The van der Waals surface area contributed by atoms with Crippen LogP contribution in [0, 0.1) is 0 Å². The van der Waals surface area contributed by atoms with Crippen LogP contribution in [-0.2, 0) is 4.79 Å². The average molecular weight is 234 g/mol. The highest BCUT2D eigenvalue weighted by atomic mass is 16.3. The van der Waals surface area contributed by atoms with Gasteiger partial charge in [-0.1, -0.05) is 18.2 Å². The second kappa shape index (κ2) is 5.19. The summed E-state index contributed by atoms with van der Waals surface area (Å²) in [6.07, 6.45) is 0.414. The molecule has 0 saturated carbocycles. The lowest BCUT2D eigenvalue weighted by molar-refractivity contribution is -0.119. The van der Waals surface area contributed by atoms with E-state index in [-0.39, 0.29) is 5.91 Å². The van der Waals surface area contributed by atoms with Crippen molar-refractivity contribution in [3.8, 4) is 0 Å². The van der Waals surface area contributed by atoms with Gasteiger partial charge in [0, 0.05) is 24.3 Å². The van der Waals surface area contributed by atoms with E-state index in [9.17, 15) is 9.90 Å². The molecule has 1 aromatic rings. The first-order chi connectivity index (χ1) is 8.18. The van der Waals surface area contributed by atoms with E-state index in [1.807, 2.05) is 29.2 Å². The minimum atomic E-state index is -0.516. The summed E-state index contributed by atoms with van der Waals surface area (Å²) in [4.78, 5) is 13.6. The lowest BCUT2D eigenvalue weighted by atomic mass is 10.1. The standard InChI is InChI=1S/C13H18N2O2/c1-10(16)11-5-2-3-6-12(11)15-8-4-7-14-13(17)9-15/h2-3,5-6,10,16H,4,7-9H2,1H3,(H,14,17)/t10-/m1/s1. The molecule has 1 aromatic carbocycles. The number of hydrogen-bond donors (Lipinski definition) is 2. The maximum Gasteiger partial charge on any atom is 0.239 e. The van der Waals surface area contributed by atoms with Crippen LogP contribution < -0.4 is 10.2 Å². The molecule has 0 radical (unpaired) electrons. The van der Waals surface area contributed by atoms with Crippen molar-refractivity contribution in [1.29, 1.82) is 0 Å². The van der Waals surface area contributed by atoms with Crippen LogP contribution in [0.2, 0.25) is 0 Å². The van der Waals surface area contributed by atoms with Gasteiger partial charge in [-0.05, 0) is 19.4 Å². The van der Waals surface area contributed by atoms with Crippen LogP contribution in [0.5, 0.6) is 0 Å². The predicted octanol–water partition coefficient (Wildman–Crippen LogP) is 1.07. The van der Waals surface area contributed by atoms with Crippen molar-refractivity contribution in [2.45, 2.75) is 19.4 Å². The number of nitrogens with zero attached hydrogens (tertiary/aromatic N) is 1. The number of amides is 1. The number of anilines is 1. The predicted molar refractivity (Wildman–Crippen MR) is 66.9 cm³/mol. The van der Waals surface area contributed by atoms with Gasteiger partial charge in [-0.25, -0.2) is 0 Å². The molecule has 92 valence electrons. The zero-order valence-corrected chi connectivity index (χ0v) is 10.0. The molecule has 0 spiro atoms. The van der Waals surface area contributed by atoms with Gasteiger partial charge in [0.1, 0.15) is 0 Å². The smallest absolute Gasteiger partial charge is 0.239 e. The summed E-state index contributed by atoms with van der Waals surface area (Å²) in [5.74, 6) is 0.0443. The van der Waals surface area contributed by atoms with Gasteiger partial charge in [-0.15, -0.1) is 0 Å². The van der Waals surface area contributed by atoms with Crippen molar-refractivity contribution >= 4 is 11.6 Å². The molecule has 17 heavy (non-hydrogen) atoms. The number of hydrogen-bond acceptors (Lipinski definition) is 3. The third kappa shape index (κ3) is 2.77. The number of carbonyl (C=O) groups is 1. The quantitative estimate of drug-likeness (QED) is 0.804. The van der Waals surface area contributed by atoms with E-state index >= 15 is 0 Å². The third-order valence-corrected chi connectivity index (χ3v) is 2.99. The Kier molecular flexibility index (Phi) is 3.64. The Hall–Kier alpha value is -1.55. The zero-order chi connectivity index (χ0) is 12.3. The molecule has 0 aliphatic carbocycles. The molecule has 4 heteroatoms. The molecule has 1 fully saturated rings. The molecule has 1 heterocycles. The van der Waals surface area contributed by atoms with Gasteiger partial charge < -0.3 is 15.3 Å². The van der Waals surface area contributed by atoms with Crippen LogP contribution in [0.15, 0.2) is 24.3 Å². The highest BCUT2D eigenvalue weighted by molar-refractivity contribution is 5.82. The summed E-state index contributed by atoms with van der Waals surface area (Å²) in [7, 11) is 0. The van der Waals surface area contributed by atoms with Crippen LogP contribution in [-0.4, -0.2) is 30.6 Å². The lowest BCUT2D eigenvalue weighted by Gasteiger charge is -2.25. The summed E-state index contributed by atoms with van der Waals surface area (Å²) in [6.45, 7) is 3.68. The van der Waals surface area contributed by atoms with E-state index in [0.717, 1.165) is 30.8 Å². The Morgan fingerprint density at radius 1 is 1.41 bits per heavy atom. The fourth-order valence-corrected chi connectivity index (χ4v) is 2.14. The maximum absolute atomic E-state index is 11.5. The molecule has 0 bridgehead atoms. The van der Waals surface area contributed by atoms with Crippen molar-refractivity contribution in [1.82, 2.24) is 5.32 Å². The molecule has 0 unspecified atom stereocenters. The highest BCUT2D eigenvalue weighted by Crippen LogP contribution is 2.26. The van der Waals surface area contributed by atoms with Crippen molar-refractivity contribution in [3.05, 3.63) is 29.8 Å². The largest absolute Gasteiger partial charge is 0.389 e. The van der Waals surface area contributed by atoms with Crippen molar-refractivity contribution in [2.75, 3.05) is 24.5 Å². The maximum atomic E-state index is 11.5. The molecule has 4 nitrogen and oxygen atoms in total. The fraction of sp³-hybridized carbons (Fsp3) is 0.462. The minimum absolute atomic E-state index is 0.0443. The van der Waals surface area contributed by atoms with Crippen LogP contribution in [0.25, 0.3) is 0 Å². The van der Waals surface area contributed by atoms with Gasteiger partial charge in [0.05, 0.1) is 12.6 Å². The topological polar surface area (TPSA) is 52.6 Å². The number of rotatable bonds is 2. The SMILES string of the molecule is C[C@@H](O)c1ccccc1N1CCCNC(=O)C1. The van der Waals surface area contributed by atoms with E-state index < -0.39 is 6.10 Å². The van der Waals surface area contributed by atoms with E-state index in [1.165, 1.54) is 0 Å². The molecular weight excluding hydrogens is 216 g/mol. The summed E-state index contributed by atoms with van der Waals surface area (Å²) in [5, 5.41) is 12.6. The molecular formula is C13H18N2O2. The zero-order valence-electron chi connectivity index (χ0n) is 10.0. The van der Waals surface area contributed by atoms with Gasteiger partial charge in [0.2, 0.25) is 5.91 Å². The van der Waals surface area contributed by atoms with Gasteiger partial charge in [0.25, 0.3) is 0 Å². The Balaban J connectivity index is 2.28. The molecule has 1 atom stereocenters. The van der Waals surface area contributed by atoms with Gasteiger partial charge in [0.15, 0.2) is 0 Å². The first-order valence-electron chi connectivity index (χ1n) is 5.97. The van der Waals surface area contributed by atoms with E-state index in [0.29, 0.717) is 6.54 Å². The van der Waals surface area contributed by atoms with Gasteiger partial charge >= 0.3 is 0 Å².